The first-order valence-corrected chi connectivity index (χ1v) is 5.87. The number of hydrogen-bond donors (Lipinski definition) is 1. The number of nitrogens with two attached hydrogens (primary N) is 1. The summed E-state index contributed by atoms with van der Waals surface area (Å²) in [6.45, 7) is 3.72. The molecule has 0 radical (unpaired) electrons. The van der Waals surface area contributed by atoms with E-state index in [1.54, 1.807) is 6.92 Å². The van der Waals surface area contributed by atoms with Crippen LogP contribution in [0.4, 0.5) is 0 Å². The maximum Gasteiger partial charge on any atom is 0.182 e. The zero-order valence-electron chi connectivity index (χ0n) is 10.2. The fourth-order valence-electron chi connectivity index (χ4n) is 1.89. The standard InChI is InChI=1S/C15H17NO/c1-3-15(2,16)14(17)13-10-6-8-11-7-4-5-9-12(11)13/h4-10H,3,16H2,1-2H3. The summed E-state index contributed by atoms with van der Waals surface area (Å²) in [6.07, 6.45) is 0.634. The van der Waals surface area contributed by atoms with Crippen LogP contribution >= 0.6 is 0 Å². The number of rotatable bonds is 3. The topological polar surface area (TPSA) is 43.1 Å². The lowest BCUT2D eigenvalue weighted by molar-refractivity contribution is 0.0899. The van der Waals surface area contributed by atoms with E-state index in [1.807, 2.05) is 49.4 Å². The molecule has 2 nitrogen and oxygen atoms in total. The van der Waals surface area contributed by atoms with Gasteiger partial charge in [-0.2, -0.15) is 0 Å². The molecule has 2 aromatic rings. The van der Waals surface area contributed by atoms with Crippen molar-refractivity contribution in [3.63, 3.8) is 0 Å². The minimum atomic E-state index is -0.788. The molecule has 0 amide bonds. The van der Waals surface area contributed by atoms with Crippen LogP contribution < -0.4 is 5.73 Å². The van der Waals surface area contributed by atoms with Crippen molar-refractivity contribution in [3.8, 4) is 0 Å². The van der Waals surface area contributed by atoms with Gasteiger partial charge in [-0.25, -0.2) is 0 Å². The summed E-state index contributed by atoms with van der Waals surface area (Å²) in [6, 6.07) is 13.6. The number of carbonyl (C=O) groups excluding carboxylic acids is 1. The van der Waals surface area contributed by atoms with Crippen LogP contribution in [0.1, 0.15) is 30.6 Å². The third-order valence-electron chi connectivity index (χ3n) is 3.29. The van der Waals surface area contributed by atoms with Gasteiger partial charge >= 0.3 is 0 Å². The van der Waals surface area contributed by atoms with E-state index >= 15 is 0 Å². The van der Waals surface area contributed by atoms with Crippen molar-refractivity contribution in [2.24, 2.45) is 5.73 Å². The van der Waals surface area contributed by atoms with Gasteiger partial charge in [-0.3, -0.25) is 4.79 Å². The monoisotopic (exact) mass is 227 g/mol. The van der Waals surface area contributed by atoms with Crippen molar-refractivity contribution in [2.45, 2.75) is 25.8 Å². The Morgan fingerprint density at radius 1 is 1.18 bits per heavy atom. The van der Waals surface area contributed by atoms with Gasteiger partial charge in [0.05, 0.1) is 5.54 Å². The maximum atomic E-state index is 12.4. The Hall–Kier alpha value is -1.67. The lowest BCUT2D eigenvalue weighted by atomic mass is 9.87. The highest BCUT2D eigenvalue weighted by atomic mass is 16.1. The molecule has 0 aromatic heterocycles. The Kier molecular flexibility index (Phi) is 2.99. The van der Waals surface area contributed by atoms with Gasteiger partial charge in [-0.05, 0) is 24.1 Å². The van der Waals surface area contributed by atoms with Crippen LogP contribution in [0.15, 0.2) is 42.5 Å². The molecule has 0 aliphatic carbocycles. The van der Waals surface area contributed by atoms with Crippen molar-refractivity contribution >= 4 is 16.6 Å². The van der Waals surface area contributed by atoms with Gasteiger partial charge in [0.1, 0.15) is 0 Å². The first kappa shape index (κ1) is 11.8. The molecule has 17 heavy (non-hydrogen) atoms. The number of benzene rings is 2. The predicted octanol–water partition coefficient (Wildman–Crippen LogP) is 3.15. The maximum absolute atomic E-state index is 12.4. The van der Waals surface area contributed by atoms with Gasteiger partial charge in [0, 0.05) is 5.56 Å². The van der Waals surface area contributed by atoms with E-state index in [9.17, 15) is 4.79 Å². The normalized spacial score (nSPS) is 14.5. The summed E-state index contributed by atoms with van der Waals surface area (Å²) in [5.74, 6) is 0.0109. The zero-order valence-corrected chi connectivity index (χ0v) is 10.2. The van der Waals surface area contributed by atoms with Crippen LogP contribution in [0.5, 0.6) is 0 Å². The smallest absolute Gasteiger partial charge is 0.182 e. The third kappa shape index (κ3) is 2.08. The fourth-order valence-corrected chi connectivity index (χ4v) is 1.89. The van der Waals surface area contributed by atoms with E-state index in [-0.39, 0.29) is 5.78 Å². The van der Waals surface area contributed by atoms with Crippen molar-refractivity contribution in [3.05, 3.63) is 48.0 Å². The van der Waals surface area contributed by atoms with Crippen LogP contribution in [0.25, 0.3) is 10.8 Å². The molecule has 2 N–H and O–H groups in total. The van der Waals surface area contributed by atoms with E-state index in [0.717, 1.165) is 16.3 Å². The third-order valence-corrected chi connectivity index (χ3v) is 3.29. The second-order valence-electron chi connectivity index (χ2n) is 4.63. The summed E-state index contributed by atoms with van der Waals surface area (Å²) in [7, 11) is 0. The summed E-state index contributed by atoms with van der Waals surface area (Å²) in [5.41, 5.74) is 5.96. The minimum absolute atomic E-state index is 0.0109. The number of ketones is 1. The molecule has 0 aliphatic heterocycles. The van der Waals surface area contributed by atoms with Gasteiger partial charge in [-0.1, -0.05) is 49.4 Å². The molecule has 0 aliphatic rings. The second-order valence-corrected chi connectivity index (χ2v) is 4.63. The highest BCUT2D eigenvalue weighted by Crippen LogP contribution is 2.23. The number of fused-ring (bicyclic) bond motifs is 1. The summed E-state index contributed by atoms with van der Waals surface area (Å²) >= 11 is 0. The van der Waals surface area contributed by atoms with Crippen LogP contribution in [0, 0.1) is 0 Å². The minimum Gasteiger partial charge on any atom is -0.319 e. The number of carbonyl (C=O) groups is 1. The number of Topliss-reactive ketones (excluding diaryl/α,β-unsaturated/α-hetero) is 1. The van der Waals surface area contributed by atoms with Crippen LogP contribution in [-0.2, 0) is 0 Å². The molecule has 88 valence electrons. The quantitative estimate of drug-likeness (QED) is 0.818. The Morgan fingerprint density at radius 2 is 1.82 bits per heavy atom. The van der Waals surface area contributed by atoms with Crippen LogP contribution in [0.3, 0.4) is 0 Å². The number of hydrogen-bond acceptors (Lipinski definition) is 2. The van der Waals surface area contributed by atoms with E-state index in [1.165, 1.54) is 0 Å². The molecule has 2 rings (SSSR count). The second kappa shape index (κ2) is 4.30. The van der Waals surface area contributed by atoms with Gasteiger partial charge in [0.15, 0.2) is 5.78 Å². The molecule has 0 heterocycles. The molecule has 1 atom stereocenters. The summed E-state index contributed by atoms with van der Waals surface area (Å²) in [5, 5.41) is 2.05. The van der Waals surface area contributed by atoms with Crippen molar-refractivity contribution in [1.29, 1.82) is 0 Å². The highest BCUT2D eigenvalue weighted by Gasteiger charge is 2.28. The molecular formula is C15H17NO. The molecule has 0 saturated carbocycles. The largest absolute Gasteiger partial charge is 0.319 e. The Morgan fingerprint density at radius 3 is 2.53 bits per heavy atom. The summed E-state index contributed by atoms with van der Waals surface area (Å²) < 4.78 is 0. The SMILES string of the molecule is CCC(C)(N)C(=O)c1cccc2ccccc12. The Balaban J connectivity index is 2.60. The molecule has 0 spiro atoms. The average molecular weight is 227 g/mol. The van der Waals surface area contributed by atoms with E-state index in [4.69, 9.17) is 5.73 Å². The van der Waals surface area contributed by atoms with E-state index < -0.39 is 5.54 Å². The molecular weight excluding hydrogens is 210 g/mol. The molecule has 0 bridgehead atoms. The first-order valence-electron chi connectivity index (χ1n) is 5.87. The predicted molar refractivity (Wildman–Crippen MR) is 71.2 cm³/mol. The van der Waals surface area contributed by atoms with Crippen LogP contribution in [-0.4, -0.2) is 11.3 Å². The molecule has 0 fully saturated rings. The zero-order chi connectivity index (χ0) is 12.5. The molecule has 2 aromatic carbocycles. The van der Waals surface area contributed by atoms with E-state index in [0.29, 0.717) is 6.42 Å². The van der Waals surface area contributed by atoms with Crippen LogP contribution in [0.2, 0.25) is 0 Å². The highest BCUT2D eigenvalue weighted by molar-refractivity contribution is 6.12. The van der Waals surface area contributed by atoms with Gasteiger partial charge in [0.2, 0.25) is 0 Å². The first-order chi connectivity index (χ1) is 8.06. The van der Waals surface area contributed by atoms with Gasteiger partial charge < -0.3 is 5.73 Å². The fraction of sp³-hybridized carbons (Fsp3) is 0.267. The lowest BCUT2D eigenvalue weighted by Crippen LogP contribution is -2.44. The molecule has 1 unspecified atom stereocenters. The van der Waals surface area contributed by atoms with Gasteiger partial charge in [-0.15, -0.1) is 0 Å². The van der Waals surface area contributed by atoms with Crippen molar-refractivity contribution in [2.75, 3.05) is 0 Å². The van der Waals surface area contributed by atoms with E-state index in [2.05, 4.69) is 0 Å². The Labute approximate surface area is 101 Å². The Bertz CT molecular complexity index is 552. The van der Waals surface area contributed by atoms with Crippen molar-refractivity contribution in [1.82, 2.24) is 0 Å². The molecule has 0 saturated heterocycles. The van der Waals surface area contributed by atoms with Crippen molar-refractivity contribution < 1.29 is 4.79 Å². The van der Waals surface area contributed by atoms with Gasteiger partial charge in [0.25, 0.3) is 0 Å². The summed E-state index contributed by atoms with van der Waals surface area (Å²) in [4.78, 5) is 12.4. The lowest BCUT2D eigenvalue weighted by Gasteiger charge is -2.21. The molecule has 2 heteroatoms. The average Bonchev–Trinajstić information content (AvgIpc) is 2.37.